The van der Waals surface area contributed by atoms with Gasteiger partial charge in [-0.1, -0.05) is 6.92 Å². The molecule has 2 aliphatic rings. The van der Waals surface area contributed by atoms with E-state index in [-0.39, 0.29) is 24.0 Å². The highest BCUT2D eigenvalue weighted by atomic mass is 16.5. The van der Waals surface area contributed by atoms with Crippen LogP contribution in [0.4, 0.5) is 0 Å². The molecule has 1 aliphatic carbocycles. The van der Waals surface area contributed by atoms with E-state index in [1.807, 2.05) is 6.92 Å². The van der Waals surface area contributed by atoms with Crippen LogP contribution in [-0.2, 0) is 4.74 Å². The van der Waals surface area contributed by atoms with Gasteiger partial charge in [-0.3, -0.25) is 0 Å². The van der Waals surface area contributed by atoms with Crippen molar-refractivity contribution in [2.45, 2.75) is 25.2 Å². The number of hydrogen-bond donors (Lipinski definition) is 3. The smallest absolute Gasteiger partial charge is 0.0904 e. The first-order chi connectivity index (χ1) is 5.61. The minimum absolute atomic E-state index is 0.127. The Morgan fingerprint density at radius 3 is 2.42 bits per heavy atom. The van der Waals surface area contributed by atoms with Crippen LogP contribution in [0.5, 0.6) is 0 Å². The predicted octanol–water partition coefficient (Wildman–Crippen LogP) is -1.26. The number of aliphatic hydroxyl groups excluding tert-OH is 3. The average molecular weight is 174 g/mol. The number of rotatable bonds is 1. The van der Waals surface area contributed by atoms with Gasteiger partial charge in [0.1, 0.15) is 0 Å². The van der Waals surface area contributed by atoms with E-state index in [1.54, 1.807) is 0 Å². The van der Waals surface area contributed by atoms with Crippen molar-refractivity contribution >= 4 is 0 Å². The predicted molar refractivity (Wildman–Crippen MR) is 40.4 cm³/mol. The highest BCUT2D eigenvalue weighted by Crippen LogP contribution is 2.50. The van der Waals surface area contributed by atoms with Gasteiger partial charge in [0.05, 0.1) is 31.5 Å². The zero-order valence-corrected chi connectivity index (χ0v) is 6.97. The fourth-order valence-electron chi connectivity index (χ4n) is 2.32. The molecule has 4 nitrogen and oxygen atoms in total. The summed E-state index contributed by atoms with van der Waals surface area (Å²) in [4.78, 5) is 0. The van der Waals surface area contributed by atoms with Crippen molar-refractivity contribution in [3.8, 4) is 0 Å². The summed E-state index contributed by atoms with van der Waals surface area (Å²) in [6.45, 7) is 2.23. The van der Waals surface area contributed by atoms with E-state index in [0.29, 0.717) is 6.61 Å². The van der Waals surface area contributed by atoms with E-state index in [4.69, 9.17) is 9.84 Å². The first-order valence-corrected chi connectivity index (χ1v) is 4.20. The van der Waals surface area contributed by atoms with Crippen LogP contribution in [0.3, 0.4) is 0 Å². The van der Waals surface area contributed by atoms with Crippen molar-refractivity contribution < 1.29 is 20.1 Å². The topological polar surface area (TPSA) is 69.9 Å². The molecule has 70 valence electrons. The molecule has 4 heteroatoms. The molecule has 0 aromatic heterocycles. The Labute approximate surface area is 70.8 Å². The molecule has 2 rings (SSSR count). The lowest BCUT2D eigenvalue weighted by molar-refractivity contribution is -0.204. The van der Waals surface area contributed by atoms with Gasteiger partial charge in [-0.05, 0) is 0 Å². The Hall–Kier alpha value is -0.160. The Bertz CT molecular complexity index is 193. The lowest BCUT2D eigenvalue weighted by atomic mass is 9.79. The van der Waals surface area contributed by atoms with Crippen molar-refractivity contribution in [3.63, 3.8) is 0 Å². The van der Waals surface area contributed by atoms with Crippen molar-refractivity contribution in [2.24, 2.45) is 11.3 Å². The Balaban J connectivity index is 2.22. The highest BCUT2D eigenvalue weighted by Gasteiger charge is 2.63. The number of aliphatic hydroxyl groups is 3. The molecule has 1 heterocycles. The maximum absolute atomic E-state index is 9.61. The van der Waals surface area contributed by atoms with E-state index in [0.717, 1.165) is 0 Å². The Kier molecular flexibility index (Phi) is 1.70. The fraction of sp³-hybridized carbons (Fsp3) is 1.00. The standard InChI is InChI=1S/C8H14O4/c1-8-3-12-7(8)4(2-9)5(10)6(8)11/h4-7,9-11H,2-3H2,1H3/t4?,5-,6?,7?,8?/m0/s1. The molecule has 0 aromatic carbocycles. The molecular weight excluding hydrogens is 160 g/mol. The first kappa shape index (κ1) is 8.44. The minimum Gasteiger partial charge on any atom is -0.396 e. The van der Waals surface area contributed by atoms with Gasteiger partial charge in [-0.15, -0.1) is 0 Å². The third kappa shape index (κ3) is 0.758. The zero-order valence-electron chi connectivity index (χ0n) is 6.97. The minimum atomic E-state index is -0.840. The van der Waals surface area contributed by atoms with Crippen molar-refractivity contribution in [3.05, 3.63) is 0 Å². The molecule has 4 unspecified atom stereocenters. The molecule has 2 fully saturated rings. The molecule has 5 atom stereocenters. The highest BCUT2D eigenvalue weighted by molar-refractivity contribution is 5.10. The van der Waals surface area contributed by atoms with Crippen LogP contribution in [0.25, 0.3) is 0 Å². The molecule has 1 saturated carbocycles. The lowest BCUT2D eigenvalue weighted by Gasteiger charge is -2.44. The molecular formula is C8H14O4. The molecule has 0 amide bonds. The van der Waals surface area contributed by atoms with Crippen LogP contribution in [-0.4, -0.2) is 46.8 Å². The van der Waals surface area contributed by atoms with Crippen molar-refractivity contribution in [2.75, 3.05) is 13.2 Å². The van der Waals surface area contributed by atoms with Gasteiger partial charge in [0.2, 0.25) is 0 Å². The molecule has 3 N–H and O–H groups in total. The van der Waals surface area contributed by atoms with Gasteiger partial charge in [-0.2, -0.15) is 0 Å². The first-order valence-electron chi connectivity index (χ1n) is 4.20. The normalized spacial score (nSPS) is 58.0. The maximum Gasteiger partial charge on any atom is 0.0904 e. The van der Waals surface area contributed by atoms with E-state index >= 15 is 0 Å². The largest absolute Gasteiger partial charge is 0.396 e. The summed E-state index contributed by atoms with van der Waals surface area (Å²) in [5.41, 5.74) is -0.340. The summed E-state index contributed by atoms with van der Waals surface area (Å²) < 4.78 is 5.22. The van der Waals surface area contributed by atoms with Crippen LogP contribution in [0.1, 0.15) is 6.92 Å². The molecule has 0 spiro atoms. The lowest BCUT2D eigenvalue weighted by Crippen LogP contribution is -2.53. The van der Waals surface area contributed by atoms with Gasteiger partial charge in [-0.25, -0.2) is 0 Å². The Morgan fingerprint density at radius 2 is 2.17 bits per heavy atom. The van der Waals surface area contributed by atoms with Crippen LogP contribution in [0, 0.1) is 11.3 Å². The molecule has 0 radical (unpaired) electrons. The van der Waals surface area contributed by atoms with E-state index < -0.39 is 12.2 Å². The van der Waals surface area contributed by atoms with Gasteiger partial charge in [0.15, 0.2) is 0 Å². The third-order valence-electron chi connectivity index (χ3n) is 3.26. The van der Waals surface area contributed by atoms with Gasteiger partial charge < -0.3 is 20.1 Å². The van der Waals surface area contributed by atoms with Crippen LogP contribution in [0.15, 0.2) is 0 Å². The average Bonchev–Trinajstić information content (AvgIpc) is 2.17. The fourth-order valence-corrected chi connectivity index (χ4v) is 2.32. The third-order valence-corrected chi connectivity index (χ3v) is 3.26. The molecule has 0 aromatic rings. The van der Waals surface area contributed by atoms with Crippen LogP contribution < -0.4 is 0 Å². The summed E-state index contributed by atoms with van der Waals surface area (Å²) in [5.74, 6) is -0.321. The summed E-state index contributed by atoms with van der Waals surface area (Å²) in [5, 5.41) is 28.1. The monoisotopic (exact) mass is 174 g/mol. The SMILES string of the molecule is CC12COC1C(CO)[C@H](O)C2O. The van der Waals surface area contributed by atoms with E-state index in [2.05, 4.69) is 0 Å². The second-order valence-electron chi connectivity index (χ2n) is 4.02. The summed E-state index contributed by atoms with van der Waals surface area (Å²) in [6, 6.07) is 0. The van der Waals surface area contributed by atoms with Crippen molar-refractivity contribution in [1.82, 2.24) is 0 Å². The summed E-state index contributed by atoms with van der Waals surface area (Å²) in [7, 11) is 0. The summed E-state index contributed by atoms with van der Waals surface area (Å²) in [6.07, 6.45) is -1.77. The number of ether oxygens (including phenoxy) is 1. The van der Waals surface area contributed by atoms with E-state index in [9.17, 15) is 10.2 Å². The van der Waals surface area contributed by atoms with Gasteiger partial charge in [0, 0.05) is 11.3 Å². The van der Waals surface area contributed by atoms with E-state index in [1.165, 1.54) is 0 Å². The second kappa shape index (κ2) is 2.42. The molecule has 0 bridgehead atoms. The summed E-state index contributed by atoms with van der Waals surface area (Å²) >= 11 is 0. The van der Waals surface area contributed by atoms with Crippen LogP contribution >= 0.6 is 0 Å². The Morgan fingerprint density at radius 1 is 1.50 bits per heavy atom. The molecule has 1 aliphatic heterocycles. The van der Waals surface area contributed by atoms with Crippen LogP contribution in [0.2, 0.25) is 0 Å². The maximum atomic E-state index is 9.61. The van der Waals surface area contributed by atoms with Gasteiger partial charge >= 0.3 is 0 Å². The quantitative estimate of drug-likeness (QED) is 0.464. The van der Waals surface area contributed by atoms with Crippen molar-refractivity contribution in [1.29, 1.82) is 0 Å². The second-order valence-corrected chi connectivity index (χ2v) is 4.02. The van der Waals surface area contributed by atoms with Gasteiger partial charge in [0.25, 0.3) is 0 Å². The zero-order chi connectivity index (χ0) is 8.93. The number of hydrogen-bond acceptors (Lipinski definition) is 4. The number of fused-ring (bicyclic) bond motifs is 1. The molecule has 1 saturated heterocycles. The molecule has 12 heavy (non-hydrogen) atoms.